The monoisotopic (exact) mass is 397 g/mol. The Labute approximate surface area is 149 Å². The van der Waals surface area contributed by atoms with E-state index >= 15 is 0 Å². The van der Waals surface area contributed by atoms with E-state index in [-0.39, 0.29) is 23.1 Å². The fourth-order valence-corrected chi connectivity index (χ4v) is 5.66. The van der Waals surface area contributed by atoms with Gasteiger partial charge in [-0.3, -0.25) is 0 Å². The first-order chi connectivity index (χ1) is 11.1. The second-order valence-electron chi connectivity index (χ2n) is 5.57. The molecule has 4 N–H and O–H groups in total. The third-order valence-electron chi connectivity index (χ3n) is 4.07. The van der Waals surface area contributed by atoms with Gasteiger partial charge in [-0.25, -0.2) is 26.3 Å². The predicted molar refractivity (Wildman–Crippen MR) is 98.2 cm³/mol. The molecule has 0 saturated carbocycles. The summed E-state index contributed by atoms with van der Waals surface area (Å²) in [6, 6.07) is 3.25. The number of nitrogens with two attached hydrogens (primary N) is 1. The average molecular weight is 398 g/mol. The minimum absolute atomic E-state index is 0.0240. The lowest BCUT2D eigenvalue weighted by molar-refractivity contribution is 0.363. The van der Waals surface area contributed by atoms with Crippen LogP contribution < -0.4 is 15.2 Å². The van der Waals surface area contributed by atoms with Gasteiger partial charge in [-0.15, -0.1) is 11.3 Å². The number of sulfonamides is 2. The molecular formula is C14H27N3O4S3. The summed E-state index contributed by atoms with van der Waals surface area (Å²) in [5.41, 5.74) is 5.11. The van der Waals surface area contributed by atoms with Crippen LogP contribution in [0.3, 0.4) is 0 Å². The van der Waals surface area contributed by atoms with Crippen LogP contribution in [0.15, 0.2) is 16.3 Å². The van der Waals surface area contributed by atoms with Crippen LogP contribution in [0.4, 0.5) is 0 Å². The predicted octanol–water partition coefficient (Wildman–Crippen LogP) is 1.03. The van der Waals surface area contributed by atoms with E-state index in [0.717, 1.165) is 16.2 Å². The lowest BCUT2D eigenvalue weighted by Gasteiger charge is -2.30. The molecule has 0 atom stereocenters. The summed E-state index contributed by atoms with van der Waals surface area (Å²) in [4.78, 5) is 0.806. The maximum atomic E-state index is 12.5. The standard InChI is InChI=1S/C14H27N3O4S3/c1-4-14(5-2,11-15)17-24(20,21)13-8-7-12(22-13)9-10-16-23(18,19)6-3/h7-8,16-17H,4-6,9-11,15H2,1-3H3. The van der Waals surface area contributed by atoms with Gasteiger partial charge in [0, 0.05) is 23.5 Å². The molecule has 0 spiro atoms. The first kappa shape index (κ1) is 21.5. The van der Waals surface area contributed by atoms with Crippen LogP contribution in [0.25, 0.3) is 0 Å². The largest absolute Gasteiger partial charge is 0.329 e. The van der Waals surface area contributed by atoms with E-state index < -0.39 is 25.6 Å². The summed E-state index contributed by atoms with van der Waals surface area (Å²) in [7, 11) is -6.88. The van der Waals surface area contributed by atoms with E-state index in [1.165, 1.54) is 0 Å². The van der Waals surface area contributed by atoms with Gasteiger partial charge in [-0.2, -0.15) is 0 Å². The molecule has 140 valence electrons. The highest BCUT2D eigenvalue weighted by molar-refractivity contribution is 7.91. The first-order valence-electron chi connectivity index (χ1n) is 7.93. The summed E-state index contributed by atoms with van der Waals surface area (Å²) in [5.74, 6) is 0.0240. The van der Waals surface area contributed by atoms with Gasteiger partial charge in [0.05, 0.1) is 5.75 Å². The molecule has 0 radical (unpaired) electrons. The fraction of sp³-hybridized carbons (Fsp3) is 0.714. The number of rotatable bonds is 11. The van der Waals surface area contributed by atoms with Crippen molar-refractivity contribution in [2.45, 2.75) is 49.8 Å². The Kier molecular flexibility index (Phi) is 7.82. The number of nitrogens with one attached hydrogen (secondary N) is 2. The third kappa shape index (κ3) is 5.78. The summed E-state index contributed by atoms with van der Waals surface area (Å²) in [6.07, 6.45) is 1.66. The van der Waals surface area contributed by atoms with E-state index in [0.29, 0.717) is 19.3 Å². The summed E-state index contributed by atoms with van der Waals surface area (Å²) in [5, 5.41) is 0. The minimum Gasteiger partial charge on any atom is -0.329 e. The number of thiophene rings is 1. The van der Waals surface area contributed by atoms with E-state index in [4.69, 9.17) is 5.73 Å². The van der Waals surface area contributed by atoms with Gasteiger partial charge in [0.2, 0.25) is 10.0 Å². The molecule has 0 fully saturated rings. The smallest absolute Gasteiger partial charge is 0.250 e. The molecule has 1 aromatic rings. The van der Waals surface area contributed by atoms with Crippen LogP contribution in [-0.2, 0) is 26.5 Å². The molecule has 7 nitrogen and oxygen atoms in total. The normalized spacial score (nSPS) is 13.3. The van der Waals surface area contributed by atoms with Crippen LogP contribution in [0, 0.1) is 0 Å². The molecule has 0 aliphatic heterocycles. The highest BCUT2D eigenvalue weighted by atomic mass is 32.2. The topological polar surface area (TPSA) is 118 Å². The maximum absolute atomic E-state index is 12.5. The first-order valence-corrected chi connectivity index (χ1v) is 11.9. The summed E-state index contributed by atoms with van der Waals surface area (Å²) >= 11 is 1.14. The highest BCUT2D eigenvalue weighted by Gasteiger charge is 2.31. The minimum atomic E-state index is -3.64. The van der Waals surface area contributed by atoms with Crippen molar-refractivity contribution in [3.8, 4) is 0 Å². The Morgan fingerprint density at radius 3 is 2.25 bits per heavy atom. The van der Waals surface area contributed by atoms with Gasteiger partial charge in [0.1, 0.15) is 4.21 Å². The van der Waals surface area contributed by atoms with Crippen molar-refractivity contribution < 1.29 is 16.8 Å². The molecule has 0 bridgehead atoms. The van der Waals surface area contributed by atoms with Crippen molar-refractivity contribution in [2.75, 3.05) is 18.8 Å². The van der Waals surface area contributed by atoms with Crippen molar-refractivity contribution >= 4 is 31.4 Å². The molecule has 1 aromatic heterocycles. The molecule has 1 rings (SSSR count). The Morgan fingerprint density at radius 1 is 1.12 bits per heavy atom. The van der Waals surface area contributed by atoms with Crippen molar-refractivity contribution in [1.29, 1.82) is 0 Å². The second kappa shape index (κ2) is 8.72. The fourth-order valence-electron chi connectivity index (χ4n) is 2.13. The molecule has 24 heavy (non-hydrogen) atoms. The van der Waals surface area contributed by atoms with E-state index in [2.05, 4.69) is 9.44 Å². The molecule has 0 saturated heterocycles. The zero-order valence-electron chi connectivity index (χ0n) is 14.3. The van der Waals surface area contributed by atoms with E-state index in [1.54, 1.807) is 19.1 Å². The third-order valence-corrected chi connectivity index (χ3v) is 8.69. The van der Waals surface area contributed by atoms with Gasteiger partial charge in [-0.05, 0) is 38.3 Å². The highest BCUT2D eigenvalue weighted by Crippen LogP contribution is 2.25. The van der Waals surface area contributed by atoms with Crippen LogP contribution in [0.2, 0.25) is 0 Å². The van der Waals surface area contributed by atoms with Crippen molar-refractivity contribution in [3.05, 3.63) is 17.0 Å². The van der Waals surface area contributed by atoms with Gasteiger partial charge < -0.3 is 5.73 Å². The maximum Gasteiger partial charge on any atom is 0.250 e. The van der Waals surface area contributed by atoms with Crippen molar-refractivity contribution in [1.82, 2.24) is 9.44 Å². The Bertz CT molecular complexity index is 714. The molecule has 0 amide bonds. The van der Waals surface area contributed by atoms with Crippen molar-refractivity contribution in [2.24, 2.45) is 5.73 Å². The zero-order valence-corrected chi connectivity index (χ0v) is 16.8. The second-order valence-corrected chi connectivity index (χ2v) is 10.7. The van der Waals surface area contributed by atoms with Crippen LogP contribution in [-0.4, -0.2) is 41.2 Å². The number of hydrogen-bond donors (Lipinski definition) is 3. The SMILES string of the molecule is CCC(CC)(CN)NS(=O)(=O)c1ccc(CCNS(=O)(=O)CC)s1. The molecule has 10 heteroatoms. The Hall–Kier alpha value is -0.520. The van der Waals surface area contributed by atoms with Crippen molar-refractivity contribution in [3.63, 3.8) is 0 Å². The lowest BCUT2D eigenvalue weighted by atomic mass is 9.95. The quantitative estimate of drug-likeness (QED) is 0.515. The van der Waals surface area contributed by atoms with Gasteiger partial charge >= 0.3 is 0 Å². The summed E-state index contributed by atoms with van der Waals surface area (Å²) < 4.78 is 53.3. The summed E-state index contributed by atoms with van der Waals surface area (Å²) in [6.45, 7) is 5.85. The van der Waals surface area contributed by atoms with Gasteiger partial charge in [0.25, 0.3) is 10.0 Å². The van der Waals surface area contributed by atoms with Gasteiger partial charge in [-0.1, -0.05) is 13.8 Å². The molecule has 0 aliphatic rings. The molecular weight excluding hydrogens is 370 g/mol. The number of hydrogen-bond acceptors (Lipinski definition) is 6. The van der Waals surface area contributed by atoms with Crippen LogP contribution in [0.5, 0.6) is 0 Å². The van der Waals surface area contributed by atoms with E-state index in [1.807, 2.05) is 13.8 Å². The lowest BCUT2D eigenvalue weighted by Crippen LogP contribution is -2.52. The average Bonchev–Trinajstić information content (AvgIpc) is 3.02. The molecule has 0 aromatic carbocycles. The van der Waals surface area contributed by atoms with Gasteiger partial charge in [0.15, 0.2) is 0 Å². The molecule has 0 aliphatic carbocycles. The zero-order chi connectivity index (χ0) is 18.4. The van der Waals surface area contributed by atoms with E-state index in [9.17, 15) is 16.8 Å². The molecule has 0 unspecified atom stereocenters. The Morgan fingerprint density at radius 2 is 1.75 bits per heavy atom. The Balaban J connectivity index is 2.80. The molecule has 1 heterocycles. The van der Waals surface area contributed by atoms with Crippen LogP contribution >= 0.6 is 11.3 Å². The van der Waals surface area contributed by atoms with Crippen LogP contribution in [0.1, 0.15) is 38.5 Å².